The van der Waals surface area contributed by atoms with Gasteiger partial charge in [-0.2, -0.15) is 0 Å². The van der Waals surface area contributed by atoms with E-state index in [0.29, 0.717) is 0 Å². The molecule has 0 spiro atoms. The van der Waals surface area contributed by atoms with Gasteiger partial charge in [0.25, 0.3) is 0 Å². The number of halogens is 1. The monoisotopic (exact) mass is 341 g/mol. The zero-order valence-corrected chi connectivity index (χ0v) is 14.6. The van der Waals surface area contributed by atoms with Crippen LogP contribution in [0.2, 0.25) is 0 Å². The molecule has 0 saturated carbocycles. The van der Waals surface area contributed by atoms with Crippen LogP contribution in [0.25, 0.3) is 0 Å². The molecule has 0 aliphatic heterocycles. The first-order valence-electron chi connectivity index (χ1n) is 7.91. The fraction of sp³-hybridized carbons (Fsp3) is 0.263. The summed E-state index contributed by atoms with van der Waals surface area (Å²) in [6.07, 6.45) is 2.70. The predicted octanol–water partition coefficient (Wildman–Crippen LogP) is 4.25. The zero-order chi connectivity index (χ0) is 16.9. The lowest BCUT2D eigenvalue weighted by atomic mass is 10.0. The predicted molar refractivity (Wildman–Crippen MR) is 95.7 cm³/mol. The topological polar surface area (TPSA) is 29.0 Å². The molecule has 0 N–H and O–H groups in total. The van der Waals surface area contributed by atoms with Crippen LogP contribution in [-0.4, -0.2) is 28.5 Å². The molecule has 2 heterocycles. The van der Waals surface area contributed by atoms with Gasteiger partial charge in [0, 0.05) is 17.6 Å². The standard InChI is InChI=1S/C19H20FN3S/c1-14-18(24-13-22-14)9-11-23(2)19(17-8-3-4-10-21-17)15-6-5-7-16(20)12-15/h3-8,10,12-13,19H,9,11H2,1-2H3/t19-/m1/s1. The minimum Gasteiger partial charge on any atom is -0.294 e. The van der Waals surface area contributed by atoms with Crippen LogP contribution in [0.5, 0.6) is 0 Å². The lowest BCUT2D eigenvalue weighted by Gasteiger charge is -2.28. The Morgan fingerprint density at radius 3 is 2.71 bits per heavy atom. The van der Waals surface area contributed by atoms with E-state index in [-0.39, 0.29) is 11.9 Å². The second-order valence-corrected chi connectivity index (χ2v) is 6.74. The van der Waals surface area contributed by atoms with Crippen molar-refractivity contribution in [3.63, 3.8) is 0 Å². The Bertz CT molecular complexity index is 788. The molecule has 124 valence electrons. The Hall–Kier alpha value is -2.11. The number of thiazole rings is 1. The van der Waals surface area contributed by atoms with E-state index in [1.165, 1.54) is 10.9 Å². The molecule has 0 radical (unpaired) electrons. The van der Waals surface area contributed by atoms with E-state index in [1.807, 2.05) is 36.7 Å². The molecule has 0 saturated heterocycles. The number of pyridine rings is 1. The number of nitrogens with zero attached hydrogens (tertiary/aromatic N) is 3. The molecular formula is C19H20FN3S. The molecule has 5 heteroatoms. The lowest BCUT2D eigenvalue weighted by Crippen LogP contribution is -2.28. The smallest absolute Gasteiger partial charge is 0.123 e. The largest absolute Gasteiger partial charge is 0.294 e. The normalized spacial score (nSPS) is 12.5. The summed E-state index contributed by atoms with van der Waals surface area (Å²) in [6, 6.07) is 12.5. The van der Waals surface area contributed by atoms with Gasteiger partial charge in [-0.25, -0.2) is 9.37 Å². The second kappa shape index (κ2) is 7.64. The third-order valence-corrected chi connectivity index (χ3v) is 5.10. The van der Waals surface area contributed by atoms with Gasteiger partial charge >= 0.3 is 0 Å². The third kappa shape index (κ3) is 3.86. The highest BCUT2D eigenvalue weighted by Crippen LogP contribution is 2.27. The van der Waals surface area contributed by atoms with Gasteiger partial charge in [-0.05, 0) is 50.2 Å². The minimum absolute atomic E-state index is 0.0740. The average molecular weight is 341 g/mol. The number of likely N-dealkylation sites (N-methyl/N-ethyl adjacent to an activating group) is 1. The van der Waals surface area contributed by atoms with Crippen molar-refractivity contribution < 1.29 is 4.39 Å². The lowest BCUT2D eigenvalue weighted by molar-refractivity contribution is 0.278. The fourth-order valence-corrected chi connectivity index (χ4v) is 3.61. The summed E-state index contributed by atoms with van der Waals surface area (Å²) >= 11 is 1.68. The maximum Gasteiger partial charge on any atom is 0.123 e. The number of rotatable bonds is 6. The van der Waals surface area contributed by atoms with Gasteiger partial charge in [0.05, 0.1) is 22.9 Å². The SMILES string of the molecule is Cc1ncsc1CCN(C)[C@H](c1cccc(F)c1)c1ccccn1. The van der Waals surface area contributed by atoms with Gasteiger partial charge in [-0.1, -0.05) is 18.2 Å². The van der Waals surface area contributed by atoms with Crippen molar-refractivity contribution in [2.75, 3.05) is 13.6 Å². The molecule has 2 aromatic heterocycles. The highest BCUT2D eigenvalue weighted by molar-refractivity contribution is 7.09. The van der Waals surface area contributed by atoms with Crippen molar-refractivity contribution in [2.45, 2.75) is 19.4 Å². The number of aromatic nitrogens is 2. The summed E-state index contributed by atoms with van der Waals surface area (Å²) in [5.41, 5.74) is 4.81. The molecule has 24 heavy (non-hydrogen) atoms. The van der Waals surface area contributed by atoms with E-state index in [4.69, 9.17) is 0 Å². The summed E-state index contributed by atoms with van der Waals surface area (Å²) in [5, 5.41) is 0. The van der Waals surface area contributed by atoms with Crippen LogP contribution in [-0.2, 0) is 6.42 Å². The maximum atomic E-state index is 13.7. The Kier molecular flexibility index (Phi) is 5.33. The Balaban J connectivity index is 1.85. The van der Waals surface area contributed by atoms with E-state index in [2.05, 4.69) is 21.9 Å². The van der Waals surface area contributed by atoms with Crippen molar-refractivity contribution in [1.82, 2.24) is 14.9 Å². The van der Waals surface area contributed by atoms with E-state index in [1.54, 1.807) is 29.7 Å². The summed E-state index contributed by atoms with van der Waals surface area (Å²) in [6.45, 7) is 2.88. The van der Waals surface area contributed by atoms with Crippen molar-refractivity contribution in [3.05, 3.63) is 81.8 Å². The van der Waals surface area contributed by atoms with E-state index < -0.39 is 0 Å². The van der Waals surface area contributed by atoms with E-state index in [0.717, 1.165) is 29.9 Å². The number of hydrogen-bond acceptors (Lipinski definition) is 4. The molecule has 1 atom stereocenters. The van der Waals surface area contributed by atoms with Crippen LogP contribution < -0.4 is 0 Å². The molecule has 1 aromatic carbocycles. The number of aryl methyl sites for hydroxylation is 1. The quantitative estimate of drug-likeness (QED) is 0.671. The number of hydrogen-bond donors (Lipinski definition) is 0. The summed E-state index contributed by atoms with van der Waals surface area (Å²) in [7, 11) is 2.06. The van der Waals surface area contributed by atoms with Crippen molar-refractivity contribution in [3.8, 4) is 0 Å². The summed E-state index contributed by atoms with van der Waals surface area (Å²) in [5.74, 6) is -0.222. The summed E-state index contributed by atoms with van der Waals surface area (Å²) in [4.78, 5) is 12.3. The van der Waals surface area contributed by atoms with E-state index in [9.17, 15) is 4.39 Å². The first kappa shape index (κ1) is 16.7. The molecular weight excluding hydrogens is 321 g/mol. The molecule has 0 bridgehead atoms. The highest BCUT2D eigenvalue weighted by Gasteiger charge is 2.21. The Labute approximate surface area is 145 Å². The van der Waals surface area contributed by atoms with Crippen molar-refractivity contribution in [1.29, 1.82) is 0 Å². The fourth-order valence-electron chi connectivity index (χ4n) is 2.84. The first-order valence-corrected chi connectivity index (χ1v) is 8.78. The van der Waals surface area contributed by atoms with Gasteiger partial charge in [0.15, 0.2) is 0 Å². The molecule has 3 aromatic rings. The first-order chi connectivity index (χ1) is 11.6. The van der Waals surface area contributed by atoms with Gasteiger partial charge in [-0.15, -0.1) is 11.3 Å². The molecule has 3 nitrogen and oxygen atoms in total. The summed E-state index contributed by atoms with van der Waals surface area (Å²) < 4.78 is 13.7. The highest BCUT2D eigenvalue weighted by atomic mass is 32.1. The zero-order valence-electron chi connectivity index (χ0n) is 13.8. The molecule has 0 aliphatic rings. The maximum absolute atomic E-state index is 13.7. The average Bonchev–Trinajstić information content (AvgIpc) is 2.99. The van der Waals surface area contributed by atoms with Crippen LogP contribution in [0, 0.1) is 12.7 Å². The van der Waals surface area contributed by atoms with Crippen LogP contribution in [0.1, 0.15) is 27.9 Å². The molecule has 3 rings (SSSR count). The van der Waals surface area contributed by atoms with Gasteiger partial charge in [0.2, 0.25) is 0 Å². The van der Waals surface area contributed by atoms with Crippen LogP contribution in [0.3, 0.4) is 0 Å². The van der Waals surface area contributed by atoms with E-state index >= 15 is 0 Å². The Morgan fingerprint density at radius 1 is 1.17 bits per heavy atom. The second-order valence-electron chi connectivity index (χ2n) is 5.80. The van der Waals surface area contributed by atoms with Crippen LogP contribution in [0.15, 0.2) is 54.2 Å². The Morgan fingerprint density at radius 2 is 2.04 bits per heavy atom. The third-order valence-electron chi connectivity index (χ3n) is 4.11. The number of benzene rings is 1. The van der Waals surface area contributed by atoms with Crippen molar-refractivity contribution >= 4 is 11.3 Å². The van der Waals surface area contributed by atoms with Crippen LogP contribution >= 0.6 is 11.3 Å². The molecule has 0 amide bonds. The van der Waals surface area contributed by atoms with Crippen LogP contribution in [0.4, 0.5) is 4.39 Å². The van der Waals surface area contributed by atoms with Gasteiger partial charge in [-0.3, -0.25) is 9.88 Å². The molecule has 0 unspecified atom stereocenters. The van der Waals surface area contributed by atoms with Crippen molar-refractivity contribution in [2.24, 2.45) is 0 Å². The van der Waals surface area contributed by atoms with Gasteiger partial charge in [0.1, 0.15) is 5.82 Å². The van der Waals surface area contributed by atoms with Gasteiger partial charge < -0.3 is 0 Å². The molecule has 0 fully saturated rings. The molecule has 0 aliphatic carbocycles. The minimum atomic E-state index is -0.222.